The van der Waals surface area contributed by atoms with Gasteiger partial charge in [-0.15, -0.1) is 41.5 Å². The van der Waals surface area contributed by atoms with Crippen molar-refractivity contribution < 1.29 is 45.4 Å². The van der Waals surface area contributed by atoms with Crippen LogP contribution in [0.4, 0.5) is 4.39 Å². The van der Waals surface area contributed by atoms with E-state index < -0.39 is 33.2 Å². The largest absolute Gasteiger partial charge is 0.500 e. The Morgan fingerprint density at radius 3 is 2.32 bits per heavy atom. The molecule has 7 aromatic rings. The molecule has 0 saturated heterocycles. The van der Waals surface area contributed by atoms with Crippen molar-refractivity contribution in [3.63, 3.8) is 0 Å². The fourth-order valence-electron chi connectivity index (χ4n) is 4.42. The Morgan fingerprint density at radius 1 is 0.732 bits per heavy atom. The third-order valence-corrected chi connectivity index (χ3v) is 6.37. The molecule has 0 aliphatic carbocycles. The van der Waals surface area contributed by atoms with Gasteiger partial charge in [0.15, 0.2) is 0 Å². The zero-order chi connectivity index (χ0) is 37.8. The number of furan rings is 1. The third-order valence-electron chi connectivity index (χ3n) is 6.37. The normalized spacial score (nSPS) is 16.4. The number of benzene rings is 4. The molecule has 0 aliphatic heterocycles. The van der Waals surface area contributed by atoms with E-state index in [0.717, 1.165) is 23.0 Å². The summed E-state index contributed by atoms with van der Waals surface area (Å²) in [6.45, 7) is -9.69. The number of aryl methyl sites for hydroxylation is 4. The zero-order valence-electron chi connectivity index (χ0n) is 33.2. The average Bonchev–Trinajstić information content (AvgIpc) is 3.45. The first kappa shape index (κ1) is 16.9. The number of halogens is 1. The van der Waals surface area contributed by atoms with Crippen molar-refractivity contribution in [1.29, 1.82) is 0 Å². The van der Waals surface area contributed by atoms with Gasteiger partial charge < -0.3 is 14.4 Å². The number of aromatic nitrogens is 2. The fourth-order valence-corrected chi connectivity index (χ4v) is 4.42. The molecule has 1 radical (unpaired) electrons. The maximum atomic E-state index is 14.6. The Balaban J connectivity index is 0.000000223. The van der Waals surface area contributed by atoms with Gasteiger partial charge in [-0.25, -0.2) is 4.39 Å². The minimum absolute atomic E-state index is 0. The second kappa shape index (κ2) is 11.7. The summed E-state index contributed by atoms with van der Waals surface area (Å²) in [4.78, 5) is 8.22. The van der Waals surface area contributed by atoms with Crippen LogP contribution < -0.4 is 0 Å². The number of hydrogen-bond acceptors (Lipinski definition) is 3. The van der Waals surface area contributed by atoms with Gasteiger partial charge in [0, 0.05) is 65.5 Å². The molecule has 0 aliphatic rings. The monoisotopic (exact) mass is 727 g/mol. The van der Waals surface area contributed by atoms with Crippen molar-refractivity contribution >= 4 is 32.7 Å². The SMILES string of the molecule is [2H]C([2H])([2H])c1c[c-]c(-c2ccc(C([2H])([2H])[2H])cn2)cc1.[2H]C([2H])([2H])c1cnc(-c2[c-]c(F)cc3c2oc2c4ccccc4ccc32)cc1C([2H])([2H])[2H].[Ir]. The van der Waals surface area contributed by atoms with Crippen molar-refractivity contribution in [2.24, 2.45) is 0 Å². The van der Waals surface area contributed by atoms with Crippen molar-refractivity contribution in [3.05, 3.63) is 131 Å². The summed E-state index contributed by atoms with van der Waals surface area (Å²) in [6.07, 6.45) is 2.31. The van der Waals surface area contributed by atoms with E-state index in [1.165, 1.54) is 30.5 Å². The Morgan fingerprint density at radius 2 is 1.56 bits per heavy atom. The van der Waals surface area contributed by atoms with Crippen molar-refractivity contribution in [3.8, 4) is 22.5 Å². The quantitative estimate of drug-likeness (QED) is 0.167. The molecule has 0 N–H and O–H groups in total. The molecule has 4 aromatic carbocycles. The van der Waals surface area contributed by atoms with Crippen LogP contribution in [-0.4, -0.2) is 9.97 Å². The molecule has 5 heteroatoms. The summed E-state index contributed by atoms with van der Waals surface area (Å²) in [5, 5.41) is 2.99. The Bertz CT molecular complexity index is 2360. The van der Waals surface area contributed by atoms with Crippen LogP contribution in [0.2, 0.25) is 0 Å². The fraction of sp³-hybridized carbons (Fsp3) is 0.111. The molecule has 7 rings (SSSR count). The number of fused-ring (bicyclic) bond motifs is 5. The summed E-state index contributed by atoms with van der Waals surface area (Å²) < 4.78 is 111. The van der Waals surface area contributed by atoms with Gasteiger partial charge in [0.2, 0.25) is 0 Å². The summed E-state index contributed by atoms with van der Waals surface area (Å²) in [7, 11) is 0. The Labute approximate surface area is 269 Å². The molecule has 0 fully saturated rings. The number of rotatable bonds is 2. The van der Waals surface area contributed by atoms with Gasteiger partial charge in [-0.3, -0.25) is 0 Å². The van der Waals surface area contributed by atoms with Crippen LogP contribution in [0.5, 0.6) is 0 Å². The van der Waals surface area contributed by atoms with Crippen LogP contribution in [0.1, 0.15) is 38.7 Å². The van der Waals surface area contributed by atoms with Gasteiger partial charge in [-0.2, -0.15) is 0 Å². The van der Waals surface area contributed by atoms with Crippen LogP contribution in [0, 0.1) is 45.4 Å². The molecule has 41 heavy (non-hydrogen) atoms. The second-order valence-corrected chi connectivity index (χ2v) is 9.04. The van der Waals surface area contributed by atoms with Crippen molar-refractivity contribution in [2.45, 2.75) is 27.4 Å². The molecular weight excluding hydrogens is 688 g/mol. The van der Waals surface area contributed by atoms with Crippen molar-refractivity contribution in [1.82, 2.24) is 9.97 Å². The Hall–Kier alpha value is -4.18. The topological polar surface area (TPSA) is 38.9 Å². The van der Waals surface area contributed by atoms with Gasteiger partial charge in [0.1, 0.15) is 5.58 Å². The predicted octanol–water partition coefficient (Wildman–Crippen LogP) is 9.52. The molecule has 0 atom stereocenters. The molecule has 3 nitrogen and oxygen atoms in total. The minimum Gasteiger partial charge on any atom is -0.500 e. The van der Waals surface area contributed by atoms with E-state index in [1.807, 2.05) is 36.4 Å². The van der Waals surface area contributed by atoms with Gasteiger partial charge >= 0.3 is 0 Å². The van der Waals surface area contributed by atoms with Crippen LogP contribution in [0.25, 0.3) is 55.2 Å². The molecule has 0 saturated carbocycles. The first-order valence-electron chi connectivity index (χ1n) is 18.2. The van der Waals surface area contributed by atoms with Gasteiger partial charge in [0.05, 0.1) is 5.58 Å². The average molecular weight is 727 g/mol. The van der Waals surface area contributed by atoms with E-state index in [2.05, 4.69) is 22.1 Å². The maximum absolute atomic E-state index is 14.6. The standard InChI is InChI=1S/C23H15FNO.C13H12N.Ir/c1-13-9-21(25-12-14(13)2)20-11-16(24)10-19-18-8-7-15-5-3-4-6-17(15)22(18)26-23(19)20;1-10-3-6-12(7-4-10)13-8-5-11(2)9-14-13;/h3-10,12H,1-2H3;3-6,8-9H,1-2H3;/q2*-1;/i2*1D3,2D3;. The van der Waals surface area contributed by atoms with E-state index in [9.17, 15) is 4.39 Å². The molecular formula is C36H27FIrN2O-2. The van der Waals surface area contributed by atoms with E-state index in [0.29, 0.717) is 33.2 Å². The van der Waals surface area contributed by atoms with E-state index in [4.69, 9.17) is 20.9 Å². The second-order valence-electron chi connectivity index (χ2n) is 9.04. The molecule has 3 heterocycles. The number of hydrogen-bond donors (Lipinski definition) is 0. The molecule has 0 unspecified atom stereocenters. The van der Waals surface area contributed by atoms with E-state index in [-0.39, 0.29) is 53.6 Å². The predicted molar refractivity (Wildman–Crippen MR) is 161 cm³/mol. The van der Waals surface area contributed by atoms with Crippen LogP contribution in [-0.2, 0) is 20.1 Å². The minimum atomic E-state index is -2.70. The maximum Gasteiger partial charge on any atom is 0.128 e. The zero-order valence-corrected chi connectivity index (χ0v) is 23.6. The molecule has 0 bridgehead atoms. The van der Waals surface area contributed by atoms with Gasteiger partial charge in [-0.05, 0) is 48.5 Å². The van der Waals surface area contributed by atoms with Gasteiger partial charge in [0.25, 0.3) is 0 Å². The van der Waals surface area contributed by atoms with Crippen molar-refractivity contribution in [2.75, 3.05) is 0 Å². The van der Waals surface area contributed by atoms with Crippen LogP contribution in [0.15, 0.2) is 95.7 Å². The summed E-state index contributed by atoms with van der Waals surface area (Å²) in [6, 6.07) is 26.8. The first-order valence-corrected chi connectivity index (χ1v) is 12.2. The molecule has 205 valence electrons. The molecule has 0 amide bonds. The number of nitrogens with zero attached hydrogens (tertiary/aromatic N) is 2. The molecule has 0 spiro atoms. The van der Waals surface area contributed by atoms with Crippen LogP contribution in [0.3, 0.4) is 0 Å². The Kier molecular flexibility index (Phi) is 4.85. The van der Waals surface area contributed by atoms with E-state index in [1.54, 1.807) is 12.1 Å². The van der Waals surface area contributed by atoms with Gasteiger partial charge in [-0.1, -0.05) is 84.0 Å². The number of pyridine rings is 2. The smallest absolute Gasteiger partial charge is 0.128 e. The van der Waals surface area contributed by atoms with Crippen LogP contribution >= 0.6 is 0 Å². The third kappa shape index (κ3) is 5.69. The summed E-state index contributed by atoms with van der Waals surface area (Å²) in [5.41, 5.74) is 1.86. The molecule has 3 aromatic heterocycles. The summed E-state index contributed by atoms with van der Waals surface area (Å²) in [5.74, 6) is -0.666. The van der Waals surface area contributed by atoms with E-state index >= 15 is 0 Å². The summed E-state index contributed by atoms with van der Waals surface area (Å²) >= 11 is 0. The first-order chi connectivity index (χ1) is 24.2.